The van der Waals surface area contributed by atoms with Crippen molar-refractivity contribution in [3.63, 3.8) is 0 Å². The Morgan fingerprint density at radius 3 is 2.57 bits per heavy atom. The van der Waals surface area contributed by atoms with Gasteiger partial charge in [0.15, 0.2) is 0 Å². The van der Waals surface area contributed by atoms with E-state index in [9.17, 15) is 13.2 Å². The first-order valence-electron chi connectivity index (χ1n) is 4.24. The first-order valence-corrected chi connectivity index (χ1v) is 5.90. The van der Waals surface area contributed by atoms with Crippen LogP contribution in [0.2, 0.25) is 0 Å². The quantitative estimate of drug-likeness (QED) is 0.524. The molecule has 6 nitrogen and oxygen atoms in total. The maximum absolute atomic E-state index is 11.0. The van der Waals surface area contributed by atoms with Crippen molar-refractivity contribution in [3.8, 4) is 0 Å². The molecule has 0 radical (unpaired) electrons. The van der Waals surface area contributed by atoms with Gasteiger partial charge >= 0.3 is 0 Å². The fourth-order valence-electron chi connectivity index (χ4n) is 0.658. The highest BCUT2D eigenvalue weighted by molar-refractivity contribution is 7.90. The van der Waals surface area contributed by atoms with Crippen molar-refractivity contribution in [1.29, 1.82) is 0 Å². The van der Waals surface area contributed by atoms with Crippen LogP contribution in [0.5, 0.6) is 0 Å². The van der Waals surface area contributed by atoms with Gasteiger partial charge in [-0.1, -0.05) is 0 Å². The summed E-state index contributed by atoms with van der Waals surface area (Å²) in [4.78, 5) is 11.0. The monoisotopic (exact) mass is 224 g/mol. The minimum atomic E-state index is -3.43. The van der Waals surface area contributed by atoms with Crippen LogP contribution < -0.4 is 10.0 Å². The van der Waals surface area contributed by atoms with Gasteiger partial charge in [0.25, 0.3) is 0 Å². The highest BCUT2D eigenvalue weighted by Crippen LogP contribution is 1.81. The van der Waals surface area contributed by atoms with E-state index < -0.39 is 15.9 Å². The Bertz CT molecular complexity index is 263. The SMILES string of the molecule is CCS(=O)(=O)NC(=O)CNCCOC. The van der Waals surface area contributed by atoms with E-state index in [1.165, 1.54) is 6.92 Å². The second-order valence-corrected chi connectivity index (χ2v) is 4.61. The molecule has 1 amide bonds. The lowest BCUT2D eigenvalue weighted by atomic mass is 10.6. The largest absolute Gasteiger partial charge is 0.383 e. The lowest BCUT2D eigenvalue weighted by Crippen LogP contribution is -2.39. The van der Waals surface area contributed by atoms with Gasteiger partial charge in [-0.05, 0) is 6.92 Å². The van der Waals surface area contributed by atoms with E-state index in [1.807, 2.05) is 4.72 Å². The fraction of sp³-hybridized carbons (Fsp3) is 0.857. The van der Waals surface area contributed by atoms with Crippen molar-refractivity contribution in [2.45, 2.75) is 6.92 Å². The number of sulfonamides is 1. The number of ether oxygens (including phenoxy) is 1. The maximum atomic E-state index is 11.0. The van der Waals surface area contributed by atoms with Crippen LogP contribution in [0.1, 0.15) is 6.92 Å². The molecule has 0 rings (SSSR count). The third-order valence-corrected chi connectivity index (χ3v) is 2.72. The van der Waals surface area contributed by atoms with Crippen molar-refractivity contribution in [2.24, 2.45) is 0 Å². The van der Waals surface area contributed by atoms with Gasteiger partial charge < -0.3 is 10.1 Å². The summed E-state index contributed by atoms with van der Waals surface area (Å²) in [5.41, 5.74) is 0. The van der Waals surface area contributed by atoms with E-state index in [1.54, 1.807) is 7.11 Å². The summed E-state index contributed by atoms with van der Waals surface area (Å²) in [6, 6.07) is 0. The average molecular weight is 224 g/mol. The summed E-state index contributed by atoms with van der Waals surface area (Å²) < 4.78 is 28.5. The van der Waals surface area contributed by atoms with E-state index in [2.05, 4.69) is 5.32 Å². The lowest BCUT2D eigenvalue weighted by molar-refractivity contribution is -0.118. The molecule has 0 aliphatic rings. The zero-order valence-corrected chi connectivity index (χ0v) is 9.19. The maximum Gasteiger partial charge on any atom is 0.247 e. The Labute approximate surface area is 84.1 Å². The normalized spacial score (nSPS) is 11.3. The number of nitrogens with one attached hydrogen (secondary N) is 2. The Hall–Kier alpha value is -0.660. The molecule has 0 bridgehead atoms. The summed E-state index contributed by atoms with van der Waals surface area (Å²) in [5.74, 6) is -0.653. The van der Waals surface area contributed by atoms with Crippen molar-refractivity contribution in [1.82, 2.24) is 10.0 Å². The van der Waals surface area contributed by atoms with Crippen LogP contribution in [-0.2, 0) is 19.6 Å². The van der Waals surface area contributed by atoms with Gasteiger partial charge in [-0.15, -0.1) is 0 Å². The molecule has 0 saturated carbocycles. The number of rotatable bonds is 7. The summed E-state index contributed by atoms with van der Waals surface area (Å²) in [7, 11) is -1.89. The van der Waals surface area contributed by atoms with E-state index in [0.29, 0.717) is 13.2 Å². The van der Waals surface area contributed by atoms with Gasteiger partial charge in [-0.3, -0.25) is 9.52 Å². The molecule has 2 N–H and O–H groups in total. The summed E-state index contributed by atoms with van der Waals surface area (Å²) in [6.45, 7) is 2.43. The third kappa shape index (κ3) is 6.81. The van der Waals surface area contributed by atoms with Gasteiger partial charge in [0.05, 0.1) is 18.9 Å². The van der Waals surface area contributed by atoms with Crippen LogP contribution in [0, 0.1) is 0 Å². The molecule has 0 fully saturated rings. The van der Waals surface area contributed by atoms with Crippen LogP contribution in [0.3, 0.4) is 0 Å². The molecular formula is C7H16N2O4S. The summed E-state index contributed by atoms with van der Waals surface area (Å²) in [5, 5.41) is 2.73. The highest BCUT2D eigenvalue weighted by atomic mass is 32.2. The highest BCUT2D eigenvalue weighted by Gasteiger charge is 2.10. The van der Waals surface area contributed by atoms with Crippen LogP contribution in [0.15, 0.2) is 0 Å². The predicted octanol–water partition coefficient (Wildman–Crippen LogP) is -1.31. The average Bonchev–Trinajstić information content (AvgIpc) is 2.12. The van der Waals surface area contributed by atoms with Crippen molar-refractivity contribution >= 4 is 15.9 Å². The number of methoxy groups -OCH3 is 1. The topological polar surface area (TPSA) is 84.5 Å². The molecule has 7 heteroatoms. The Morgan fingerprint density at radius 1 is 1.43 bits per heavy atom. The number of amides is 1. The predicted molar refractivity (Wildman–Crippen MR) is 52.3 cm³/mol. The van der Waals surface area contributed by atoms with Gasteiger partial charge in [-0.25, -0.2) is 8.42 Å². The van der Waals surface area contributed by atoms with E-state index in [4.69, 9.17) is 4.74 Å². The summed E-state index contributed by atoms with van der Waals surface area (Å²) in [6.07, 6.45) is 0. The number of hydrogen-bond acceptors (Lipinski definition) is 5. The number of carbonyl (C=O) groups is 1. The standard InChI is InChI=1S/C7H16N2O4S/c1-3-14(11,12)9-7(10)6-8-4-5-13-2/h8H,3-6H2,1-2H3,(H,9,10). The second kappa shape index (κ2) is 6.74. The Morgan fingerprint density at radius 2 is 2.07 bits per heavy atom. The molecule has 0 saturated heterocycles. The number of hydrogen-bond donors (Lipinski definition) is 2. The second-order valence-electron chi connectivity index (χ2n) is 2.60. The first-order chi connectivity index (χ1) is 6.52. The van der Waals surface area contributed by atoms with Crippen molar-refractivity contribution in [3.05, 3.63) is 0 Å². The minimum absolute atomic E-state index is 0.0252. The van der Waals surface area contributed by atoms with Gasteiger partial charge in [0.2, 0.25) is 15.9 Å². The van der Waals surface area contributed by atoms with Gasteiger partial charge in [0, 0.05) is 13.7 Å². The zero-order valence-electron chi connectivity index (χ0n) is 8.37. The van der Waals surface area contributed by atoms with E-state index in [0.717, 1.165) is 0 Å². The van der Waals surface area contributed by atoms with Crippen LogP contribution in [-0.4, -0.2) is 46.9 Å². The molecule has 14 heavy (non-hydrogen) atoms. The molecule has 0 heterocycles. The summed E-state index contributed by atoms with van der Waals surface area (Å²) >= 11 is 0. The van der Waals surface area contributed by atoms with Crippen LogP contribution >= 0.6 is 0 Å². The molecule has 0 aromatic carbocycles. The minimum Gasteiger partial charge on any atom is -0.383 e. The Kier molecular flexibility index (Phi) is 6.43. The molecular weight excluding hydrogens is 208 g/mol. The number of carbonyl (C=O) groups excluding carboxylic acids is 1. The third-order valence-electron chi connectivity index (χ3n) is 1.42. The van der Waals surface area contributed by atoms with E-state index in [-0.39, 0.29) is 12.3 Å². The molecule has 0 spiro atoms. The Balaban J connectivity index is 3.66. The molecule has 0 aliphatic carbocycles. The van der Waals surface area contributed by atoms with Crippen LogP contribution in [0.25, 0.3) is 0 Å². The van der Waals surface area contributed by atoms with Gasteiger partial charge in [0.1, 0.15) is 0 Å². The molecule has 0 unspecified atom stereocenters. The van der Waals surface area contributed by atoms with Crippen LogP contribution in [0.4, 0.5) is 0 Å². The van der Waals surface area contributed by atoms with Crippen molar-refractivity contribution < 1.29 is 17.9 Å². The zero-order chi connectivity index (χ0) is 11.0. The van der Waals surface area contributed by atoms with E-state index >= 15 is 0 Å². The van der Waals surface area contributed by atoms with Crippen molar-refractivity contribution in [2.75, 3.05) is 32.6 Å². The molecule has 0 aliphatic heterocycles. The first kappa shape index (κ1) is 13.3. The molecule has 0 atom stereocenters. The molecule has 0 aromatic heterocycles. The molecule has 84 valence electrons. The van der Waals surface area contributed by atoms with Gasteiger partial charge in [-0.2, -0.15) is 0 Å². The molecule has 0 aromatic rings. The fourth-order valence-corrected chi connectivity index (χ4v) is 1.22. The lowest BCUT2D eigenvalue weighted by Gasteiger charge is -2.05. The smallest absolute Gasteiger partial charge is 0.247 e.